The third-order valence-electron chi connectivity index (χ3n) is 2.13. The van der Waals surface area contributed by atoms with E-state index < -0.39 is 11.9 Å². The molecule has 0 aromatic rings. The van der Waals surface area contributed by atoms with Gasteiger partial charge in [-0.2, -0.15) is 0 Å². The molecule has 0 saturated heterocycles. The van der Waals surface area contributed by atoms with E-state index >= 15 is 0 Å². The SMILES string of the molecule is C=CC(=O)C(CC)C(C)=C(N)C(=O)O. The van der Waals surface area contributed by atoms with Crippen LogP contribution in [0.2, 0.25) is 0 Å². The number of hydrogen-bond donors (Lipinski definition) is 2. The van der Waals surface area contributed by atoms with Gasteiger partial charge in [0.2, 0.25) is 0 Å². The first kappa shape index (κ1) is 12.4. The predicted molar refractivity (Wildman–Crippen MR) is 53.5 cm³/mol. The Morgan fingerprint density at radius 1 is 1.57 bits per heavy atom. The second-order valence-electron chi connectivity index (χ2n) is 2.97. The number of ketones is 1. The van der Waals surface area contributed by atoms with Crippen molar-refractivity contribution in [2.24, 2.45) is 11.7 Å². The Hall–Kier alpha value is -1.58. The molecule has 4 heteroatoms. The van der Waals surface area contributed by atoms with E-state index in [-0.39, 0.29) is 11.5 Å². The van der Waals surface area contributed by atoms with Crippen molar-refractivity contribution in [1.29, 1.82) is 0 Å². The molecule has 1 atom stereocenters. The van der Waals surface area contributed by atoms with Gasteiger partial charge in [-0.15, -0.1) is 0 Å². The van der Waals surface area contributed by atoms with E-state index in [1.54, 1.807) is 13.8 Å². The molecule has 0 radical (unpaired) electrons. The van der Waals surface area contributed by atoms with Crippen molar-refractivity contribution in [2.45, 2.75) is 20.3 Å². The molecule has 0 aliphatic carbocycles. The lowest BCUT2D eigenvalue weighted by Gasteiger charge is -2.13. The van der Waals surface area contributed by atoms with E-state index in [0.717, 1.165) is 0 Å². The Kier molecular flexibility index (Phi) is 4.63. The van der Waals surface area contributed by atoms with Crippen LogP contribution in [-0.4, -0.2) is 16.9 Å². The van der Waals surface area contributed by atoms with E-state index in [1.807, 2.05) is 0 Å². The molecule has 0 aromatic heterocycles. The predicted octanol–water partition coefficient (Wildman–Crippen LogP) is 1.08. The molecular formula is C10H15NO3. The summed E-state index contributed by atoms with van der Waals surface area (Å²) in [6.07, 6.45) is 1.71. The summed E-state index contributed by atoms with van der Waals surface area (Å²) in [6, 6.07) is 0. The van der Waals surface area contributed by atoms with Crippen LogP contribution in [0.15, 0.2) is 23.9 Å². The molecule has 0 aliphatic heterocycles. The van der Waals surface area contributed by atoms with Gasteiger partial charge in [-0.1, -0.05) is 13.5 Å². The summed E-state index contributed by atoms with van der Waals surface area (Å²) in [6.45, 7) is 6.71. The van der Waals surface area contributed by atoms with Gasteiger partial charge in [-0.05, 0) is 25.0 Å². The van der Waals surface area contributed by atoms with Gasteiger partial charge in [0, 0.05) is 5.92 Å². The zero-order valence-corrected chi connectivity index (χ0v) is 8.41. The van der Waals surface area contributed by atoms with Crippen LogP contribution in [0.25, 0.3) is 0 Å². The topological polar surface area (TPSA) is 80.4 Å². The first-order valence-electron chi connectivity index (χ1n) is 4.31. The minimum absolute atomic E-state index is 0.200. The van der Waals surface area contributed by atoms with Gasteiger partial charge in [0.1, 0.15) is 5.70 Å². The second-order valence-corrected chi connectivity index (χ2v) is 2.97. The lowest BCUT2D eigenvalue weighted by atomic mass is 9.91. The van der Waals surface area contributed by atoms with E-state index in [2.05, 4.69) is 6.58 Å². The second kappa shape index (κ2) is 5.21. The third-order valence-corrected chi connectivity index (χ3v) is 2.13. The Bertz CT molecular complexity index is 292. The first-order chi connectivity index (χ1) is 6.45. The molecule has 0 heterocycles. The number of hydrogen-bond acceptors (Lipinski definition) is 3. The molecule has 1 unspecified atom stereocenters. The molecule has 0 aliphatic rings. The van der Waals surface area contributed by atoms with Crippen LogP contribution in [0, 0.1) is 5.92 Å². The standard InChI is InChI=1S/C10H15NO3/c1-4-7(8(12)5-2)6(3)9(11)10(13)14/h5,7H,2,4,11H2,1,3H3,(H,13,14). The summed E-state index contributed by atoms with van der Waals surface area (Å²) in [7, 11) is 0. The average Bonchev–Trinajstić information content (AvgIpc) is 2.16. The molecule has 4 nitrogen and oxygen atoms in total. The van der Waals surface area contributed by atoms with E-state index in [4.69, 9.17) is 10.8 Å². The number of carboxylic acid groups (broad SMARTS) is 1. The summed E-state index contributed by atoms with van der Waals surface area (Å²) >= 11 is 0. The quantitative estimate of drug-likeness (QED) is 0.646. The molecule has 0 aromatic carbocycles. The number of carbonyl (C=O) groups excluding carboxylic acids is 1. The minimum atomic E-state index is -1.20. The highest BCUT2D eigenvalue weighted by Crippen LogP contribution is 2.18. The Balaban J connectivity index is 5.05. The molecule has 78 valence electrons. The highest BCUT2D eigenvalue weighted by molar-refractivity contribution is 5.95. The molecule has 14 heavy (non-hydrogen) atoms. The maximum absolute atomic E-state index is 11.3. The lowest BCUT2D eigenvalue weighted by Crippen LogP contribution is -2.20. The van der Waals surface area contributed by atoms with Gasteiger partial charge >= 0.3 is 5.97 Å². The highest BCUT2D eigenvalue weighted by Gasteiger charge is 2.20. The number of aliphatic carboxylic acids is 1. The van der Waals surface area contributed by atoms with Crippen LogP contribution in [0.5, 0.6) is 0 Å². The average molecular weight is 197 g/mol. The third kappa shape index (κ3) is 2.73. The van der Waals surface area contributed by atoms with Crippen molar-refractivity contribution in [1.82, 2.24) is 0 Å². The van der Waals surface area contributed by atoms with Crippen molar-refractivity contribution in [3.05, 3.63) is 23.9 Å². The van der Waals surface area contributed by atoms with Crippen LogP contribution in [0.1, 0.15) is 20.3 Å². The summed E-state index contributed by atoms with van der Waals surface area (Å²) in [4.78, 5) is 21.9. The van der Waals surface area contributed by atoms with Crippen molar-refractivity contribution in [2.75, 3.05) is 0 Å². The maximum Gasteiger partial charge on any atom is 0.351 e. The van der Waals surface area contributed by atoms with E-state index in [0.29, 0.717) is 12.0 Å². The summed E-state index contributed by atoms with van der Waals surface area (Å²) in [5, 5.41) is 8.63. The zero-order chi connectivity index (χ0) is 11.3. The first-order valence-corrected chi connectivity index (χ1v) is 4.31. The van der Waals surface area contributed by atoms with Crippen LogP contribution in [0.3, 0.4) is 0 Å². The number of nitrogens with two attached hydrogens (primary N) is 1. The number of allylic oxidation sites excluding steroid dienone is 2. The zero-order valence-electron chi connectivity index (χ0n) is 8.41. The summed E-state index contributed by atoms with van der Waals surface area (Å²) in [5.41, 5.74) is 5.46. The summed E-state index contributed by atoms with van der Waals surface area (Å²) < 4.78 is 0. The van der Waals surface area contributed by atoms with Gasteiger partial charge < -0.3 is 10.8 Å². The Morgan fingerprint density at radius 3 is 2.36 bits per heavy atom. The van der Waals surface area contributed by atoms with Crippen molar-refractivity contribution in [3.8, 4) is 0 Å². The minimum Gasteiger partial charge on any atom is -0.477 e. The number of rotatable bonds is 5. The fourth-order valence-corrected chi connectivity index (χ4v) is 1.22. The van der Waals surface area contributed by atoms with Gasteiger partial charge in [-0.25, -0.2) is 4.79 Å². The van der Waals surface area contributed by atoms with Gasteiger partial charge in [0.25, 0.3) is 0 Å². The molecule has 0 bridgehead atoms. The Morgan fingerprint density at radius 2 is 2.07 bits per heavy atom. The van der Waals surface area contributed by atoms with Crippen LogP contribution in [0.4, 0.5) is 0 Å². The molecule has 0 saturated carbocycles. The largest absolute Gasteiger partial charge is 0.477 e. The van der Waals surface area contributed by atoms with E-state index in [1.165, 1.54) is 6.08 Å². The van der Waals surface area contributed by atoms with E-state index in [9.17, 15) is 9.59 Å². The number of carboxylic acids is 1. The fourth-order valence-electron chi connectivity index (χ4n) is 1.22. The van der Waals surface area contributed by atoms with Crippen molar-refractivity contribution in [3.63, 3.8) is 0 Å². The molecule has 3 N–H and O–H groups in total. The van der Waals surface area contributed by atoms with Crippen molar-refractivity contribution >= 4 is 11.8 Å². The highest BCUT2D eigenvalue weighted by atomic mass is 16.4. The molecule has 0 spiro atoms. The monoisotopic (exact) mass is 197 g/mol. The fraction of sp³-hybridized carbons (Fsp3) is 0.400. The smallest absolute Gasteiger partial charge is 0.351 e. The summed E-state index contributed by atoms with van der Waals surface area (Å²) in [5.74, 6) is -1.87. The lowest BCUT2D eigenvalue weighted by molar-refractivity contribution is -0.132. The maximum atomic E-state index is 11.3. The number of carbonyl (C=O) groups is 2. The Labute approximate surface area is 83.1 Å². The van der Waals surface area contributed by atoms with Crippen LogP contribution in [-0.2, 0) is 9.59 Å². The normalized spacial score (nSPS) is 14.1. The van der Waals surface area contributed by atoms with Crippen molar-refractivity contribution < 1.29 is 14.7 Å². The molecular weight excluding hydrogens is 182 g/mol. The van der Waals surface area contributed by atoms with Crippen LogP contribution >= 0.6 is 0 Å². The van der Waals surface area contributed by atoms with Gasteiger partial charge in [0.05, 0.1) is 0 Å². The van der Waals surface area contributed by atoms with Gasteiger partial charge in [0.15, 0.2) is 5.78 Å². The molecule has 0 rings (SSSR count). The molecule has 0 amide bonds. The van der Waals surface area contributed by atoms with Crippen LogP contribution < -0.4 is 5.73 Å². The molecule has 0 fully saturated rings. The van der Waals surface area contributed by atoms with Gasteiger partial charge in [-0.3, -0.25) is 4.79 Å².